The first kappa shape index (κ1) is 15.8. The summed E-state index contributed by atoms with van der Waals surface area (Å²) in [5, 5.41) is 6.80. The van der Waals surface area contributed by atoms with E-state index < -0.39 is 0 Å². The third-order valence-electron chi connectivity index (χ3n) is 4.71. The number of fused-ring (bicyclic) bond motifs is 1. The molecule has 0 spiro atoms. The van der Waals surface area contributed by atoms with Crippen molar-refractivity contribution in [2.45, 2.75) is 25.0 Å². The molecule has 1 fully saturated rings. The first-order valence-electron chi connectivity index (χ1n) is 8.33. The van der Waals surface area contributed by atoms with Crippen molar-refractivity contribution in [1.82, 2.24) is 5.32 Å². The Bertz CT molecular complexity index is 814. The van der Waals surface area contributed by atoms with Crippen molar-refractivity contribution in [3.63, 3.8) is 0 Å². The second-order valence-corrected chi connectivity index (χ2v) is 7.24. The molecular weight excluding hydrogens is 321 g/mol. The Morgan fingerprint density at radius 2 is 2.00 bits per heavy atom. The van der Waals surface area contributed by atoms with Gasteiger partial charge in [-0.05, 0) is 65.2 Å². The van der Waals surface area contributed by atoms with Crippen LogP contribution >= 0.6 is 11.3 Å². The molecule has 2 nitrogen and oxygen atoms in total. The Labute approximate surface area is 145 Å². The molecule has 3 aromatic rings. The lowest BCUT2D eigenvalue weighted by atomic mass is 9.88. The fourth-order valence-electron chi connectivity index (χ4n) is 3.41. The van der Waals surface area contributed by atoms with Gasteiger partial charge in [-0.25, -0.2) is 4.39 Å². The number of hydrogen-bond acceptors (Lipinski definition) is 3. The zero-order valence-corrected chi connectivity index (χ0v) is 14.2. The van der Waals surface area contributed by atoms with Gasteiger partial charge in [0.2, 0.25) is 0 Å². The molecule has 24 heavy (non-hydrogen) atoms. The van der Waals surface area contributed by atoms with Crippen LogP contribution in [0.3, 0.4) is 0 Å². The smallest absolute Gasteiger partial charge is 0.123 e. The zero-order valence-electron chi connectivity index (χ0n) is 13.4. The molecule has 0 bridgehead atoms. The van der Waals surface area contributed by atoms with Gasteiger partial charge >= 0.3 is 0 Å². The van der Waals surface area contributed by atoms with Gasteiger partial charge in [-0.2, -0.15) is 0 Å². The minimum absolute atomic E-state index is 0.113. The van der Waals surface area contributed by atoms with E-state index in [2.05, 4.69) is 35.0 Å². The van der Waals surface area contributed by atoms with Gasteiger partial charge < -0.3 is 10.1 Å². The Balaban J connectivity index is 1.47. The van der Waals surface area contributed by atoms with Crippen LogP contribution in [0.2, 0.25) is 0 Å². The third kappa shape index (κ3) is 3.36. The van der Waals surface area contributed by atoms with E-state index in [0.29, 0.717) is 12.5 Å². The Morgan fingerprint density at radius 3 is 2.88 bits per heavy atom. The molecule has 0 saturated carbocycles. The summed E-state index contributed by atoms with van der Waals surface area (Å²) in [5.74, 6) is 0.131. The second-order valence-electron chi connectivity index (χ2n) is 6.29. The summed E-state index contributed by atoms with van der Waals surface area (Å²) >= 11 is 1.76. The highest BCUT2D eigenvalue weighted by atomic mass is 32.1. The third-order valence-corrected chi connectivity index (χ3v) is 5.60. The van der Waals surface area contributed by atoms with Gasteiger partial charge in [-0.15, -0.1) is 11.3 Å². The first-order valence-corrected chi connectivity index (χ1v) is 9.21. The van der Waals surface area contributed by atoms with Crippen LogP contribution in [0.25, 0.3) is 10.1 Å². The Kier molecular flexibility index (Phi) is 4.60. The van der Waals surface area contributed by atoms with Crippen LogP contribution in [0.5, 0.6) is 0 Å². The minimum Gasteiger partial charge on any atom is -0.372 e. The molecule has 4 rings (SSSR count). The summed E-state index contributed by atoms with van der Waals surface area (Å²) in [4.78, 5) is 0. The number of hydrogen-bond donors (Lipinski definition) is 1. The van der Waals surface area contributed by atoms with Crippen molar-refractivity contribution in [2.24, 2.45) is 0 Å². The van der Waals surface area contributed by atoms with Gasteiger partial charge in [0.15, 0.2) is 0 Å². The summed E-state index contributed by atoms with van der Waals surface area (Å²) in [6, 6.07) is 15.5. The van der Waals surface area contributed by atoms with E-state index in [1.165, 1.54) is 15.6 Å². The average molecular weight is 341 g/mol. The molecule has 2 atom stereocenters. The summed E-state index contributed by atoms with van der Waals surface area (Å²) in [7, 11) is 0. The van der Waals surface area contributed by atoms with Gasteiger partial charge in [-0.3, -0.25) is 0 Å². The van der Waals surface area contributed by atoms with E-state index in [1.807, 2.05) is 12.1 Å². The Hall–Kier alpha value is -1.75. The Morgan fingerprint density at radius 1 is 1.12 bits per heavy atom. The largest absolute Gasteiger partial charge is 0.372 e. The van der Waals surface area contributed by atoms with E-state index in [0.717, 1.165) is 25.1 Å². The van der Waals surface area contributed by atoms with Gasteiger partial charge in [0.05, 0.1) is 12.7 Å². The standard InChI is InChI=1S/C20H20FNOS/c21-17-4-2-15(3-5-17)18-7-9-22-12-19(18)23-13-14-1-6-20-16(11-14)8-10-24-20/h1-6,8,10-11,18-19,22H,7,9,12-13H2. The lowest BCUT2D eigenvalue weighted by molar-refractivity contribution is 0.0106. The van der Waals surface area contributed by atoms with Crippen LogP contribution in [0.4, 0.5) is 4.39 Å². The highest BCUT2D eigenvalue weighted by Gasteiger charge is 2.27. The maximum atomic E-state index is 13.2. The summed E-state index contributed by atoms with van der Waals surface area (Å²) < 4.78 is 20.7. The van der Waals surface area contributed by atoms with Gasteiger partial charge in [-0.1, -0.05) is 18.2 Å². The molecule has 0 radical (unpaired) electrons. The van der Waals surface area contributed by atoms with E-state index >= 15 is 0 Å². The highest BCUT2D eigenvalue weighted by molar-refractivity contribution is 7.17. The molecule has 4 heteroatoms. The van der Waals surface area contributed by atoms with Crippen molar-refractivity contribution in [2.75, 3.05) is 13.1 Å². The number of rotatable bonds is 4. The molecule has 1 N–H and O–H groups in total. The molecule has 0 aliphatic carbocycles. The fraction of sp³-hybridized carbons (Fsp3) is 0.300. The zero-order chi connectivity index (χ0) is 16.4. The summed E-state index contributed by atoms with van der Waals surface area (Å²) in [6.45, 7) is 2.42. The number of thiophene rings is 1. The molecule has 2 unspecified atom stereocenters. The molecule has 2 heterocycles. The van der Waals surface area contributed by atoms with E-state index in [1.54, 1.807) is 23.5 Å². The number of ether oxygens (including phenoxy) is 1. The molecule has 1 aliphatic rings. The molecule has 2 aromatic carbocycles. The highest BCUT2D eigenvalue weighted by Crippen LogP contribution is 2.29. The lowest BCUT2D eigenvalue weighted by Gasteiger charge is -2.32. The van der Waals surface area contributed by atoms with Gasteiger partial charge in [0, 0.05) is 17.2 Å². The number of piperidine rings is 1. The predicted octanol–water partition coefficient (Wildman–Crippen LogP) is 4.70. The number of nitrogens with one attached hydrogen (secondary N) is 1. The normalized spacial score (nSPS) is 21.2. The van der Waals surface area contributed by atoms with Crippen LogP contribution < -0.4 is 5.32 Å². The van der Waals surface area contributed by atoms with Gasteiger partial charge in [0.25, 0.3) is 0 Å². The monoisotopic (exact) mass is 341 g/mol. The van der Waals surface area contributed by atoms with Crippen LogP contribution in [0.1, 0.15) is 23.5 Å². The molecule has 0 amide bonds. The molecule has 1 aromatic heterocycles. The first-order chi connectivity index (χ1) is 11.8. The van der Waals surface area contributed by atoms with E-state index in [4.69, 9.17) is 4.74 Å². The molecule has 1 aliphatic heterocycles. The quantitative estimate of drug-likeness (QED) is 0.742. The predicted molar refractivity (Wildman–Crippen MR) is 97.0 cm³/mol. The van der Waals surface area contributed by atoms with Gasteiger partial charge in [0.1, 0.15) is 5.82 Å². The molecule has 1 saturated heterocycles. The minimum atomic E-state index is -0.186. The SMILES string of the molecule is Fc1ccc(C2CCNCC2OCc2ccc3sccc3c2)cc1. The van der Waals surface area contributed by atoms with Crippen LogP contribution in [-0.4, -0.2) is 19.2 Å². The van der Waals surface area contributed by atoms with Crippen LogP contribution in [0, 0.1) is 5.82 Å². The van der Waals surface area contributed by atoms with Crippen molar-refractivity contribution in [3.8, 4) is 0 Å². The van der Waals surface area contributed by atoms with Crippen LogP contribution in [0.15, 0.2) is 53.9 Å². The van der Waals surface area contributed by atoms with Crippen LogP contribution in [-0.2, 0) is 11.3 Å². The topological polar surface area (TPSA) is 21.3 Å². The fourth-order valence-corrected chi connectivity index (χ4v) is 4.18. The molecule has 124 valence electrons. The number of benzene rings is 2. The summed E-state index contributed by atoms with van der Waals surface area (Å²) in [5.41, 5.74) is 2.36. The van der Waals surface area contributed by atoms with Crippen molar-refractivity contribution in [1.29, 1.82) is 0 Å². The summed E-state index contributed by atoms with van der Waals surface area (Å²) in [6.07, 6.45) is 1.13. The second kappa shape index (κ2) is 7.01. The van der Waals surface area contributed by atoms with E-state index in [-0.39, 0.29) is 11.9 Å². The maximum absolute atomic E-state index is 13.2. The van der Waals surface area contributed by atoms with E-state index in [9.17, 15) is 4.39 Å². The number of halogens is 1. The maximum Gasteiger partial charge on any atom is 0.123 e. The molecular formula is C20H20FNOS. The average Bonchev–Trinajstić information content (AvgIpc) is 3.09. The lowest BCUT2D eigenvalue weighted by Crippen LogP contribution is -2.40. The van der Waals surface area contributed by atoms with Crippen molar-refractivity contribution >= 4 is 21.4 Å². The van der Waals surface area contributed by atoms with Crippen molar-refractivity contribution in [3.05, 3.63) is 70.9 Å². The van der Waals surface area contributed by atoms with Crippen molar-refractivity contribution < 1.29 is 9.13 Å².